The van der Waals surface area contributed by atoms with Gasteiger partial charge in [-0.1, -0.05) is 24.3 Å². The van der Waals surface area contributed by atoms with Crippen LogP contribution in [0.4, 0.5) is 0 Å². The summed E-state index contributed by atoms with van der Waals surface area (Å²) in [5.41, 5.74) is 2.73. The largest absolute Gasteiger partial charge is 0.603 e. The van der Waals surface area contributed by atoms with Gasteiger partial charge in [-0.2, -0.15) is 4.98 Å². The lowest BCUT2D eigenvalue weighted by molar-refractivity contribution is 0.414. The van der Waals surface area contributed by atoms with E-state index in [2.05, 4.69) is 9.97 Å². The van der Waals surface area contributed by atoms with E-state index >= 15 is 0 Å². The predicted octanol–water partition coefficient (Wildman–Crippen LogP) is 4.07. The van der Waals surface area contributed by atoms with Crippen molar-refractivity contribution in [1.82, 2.24) is 9.97 Å². The first-order chi connectivity index (χ1) is 12.3. The number of pyridine rings is 1. The molecule has 0 saturated carbocycles. The van der Waals surface area contributed by atoms with Crippen molar-refractivity contribution in [2.75, 3.05) is 7.11 Å². The molecule has 124 valence electrons. The maximum Gasteiger partial charge on any atom is 0.422 e. The van der Waals surface area contributed by atoms with Crippen molar-refractivity contribution in [1.29, 1.82) is 0 Å². The first-order valence-corrected chi connectivity index (χ1v) is 8.78. The van der Waals surface area contributed by atoms with Gasteiger partial charge in [-0.05, 0) is 30.3 Å². The highest BCUT2D eigenvalue weighted by molar-refractivity contribution is 7.91. The van der Waals surface area contributed by atoms with E-state index < -0.39 is 11.2 Å². The minimum absolute atomic E-state index is 0.177. The maximum absolute atomic E-state index is 13.1. The minimum atomic E-state index is -1.56. The van der Waals surface area contributed by atoms with E-state index in [0.29, 0.717) is 27.4 Å². The van der Waals surface area contributed by atoms with Crippen molar-refractivity contribution in [3.05, 3.63) is 66.9 Å². The summed E-state index contributed by atoms with van der Waals surface area (Å²) in [7, 11) is 1.60. The van der Waals surface area contributed by atoms with E-state index in [0.717, 1.165) is 5.56 Å². The molecule has 0 fully saturated rings. The van der Waals surface area contributed by atoms with Crippen molar-refractivity contribution in [2.24, 2.45) is 0 Å². The summed E-state index contributed by atoms with van der Waals surface area (Å²) in [4.78, 5) is 9.31. The molecule has 1 unspecified atom stereocenters. The molecule has 0 saturated heterocycles. The zero-order valence-electron chi connectivity index (χ0n) is 13.4. The SMILES string of the molecule is COc1ccnc(-c2ccccc2[S+]([O-])c2nc3ccccc3o2)c1. The third-order valence-electron chi connectivity index (χ3n) is 3.76. The summed E-state index contributed by atoms with van der Waals surface area (Å²) < 4.78 is 24.0. The van der Waals surface area contributed by atoms with Gasteiger partial charge < -0.3 is 13.7 Å². The van der Waals surface area contributed by atoms with Gasteiger partial charge in [0.05, 0.1) is 29.5 Å². The standard InChI is InChI=1S/C19H14N2O3S/c1-23-13-10-11-20-16(12-13)14-6-2-5-9-18(14)25(22)19-21-15-7-3-4-8-17(15)24-19/h2-12H,1H3. The van der Waals surface area contributed by atoms with Crippen molar-refractivity contribution < 1.29 is 13.7 Å². The van der Waals surface area contributed by atoms with Crippen LogP contribution in [0.2, 0.25) is 0 Å². The molecule has 0 spiro atoms. The molecule has 0 aliphatic carbocycles. The van der Waals surface area contributed by atoms with E-state index in [1.165, 1.54) is 0 Å². The number of methoxy groups -OCH3 is 1. The molecule has 4 aromatic rings. The number of hydrogen-bond donors (Lipinski definition) is 0. The molecule has 2 aromatic carbocycles. The Labute approximate surface area is 147 Å². The molecule has 5 nitrogen and oxygen atoms in total. The van der Waals surface area contributed by atoms with Gasteiger partial charge >= 0.3 is 5.22 Å². The van der Waals surface area contributed by atoms with Gasteiger partial charge in [0.25, 0.3) is 0 Å². The summed E-state index contributed by atoms with van der Waals surface area (Å²) in [5.74, 6) is 0.687. The summed E-state index contributed by atoms with van der Waals surface area (Å²) in [6, 6.07) is 18.3. The highest BCUT2D eigenvalue weighted by Crippen LogP contribution is 2.32. The number of rotatable bonds is 4. The Balaban J connectivity index is 1.79. The quantitative estimate of drug-likeness (QED) is 0.519. The summed E-state index contributed by atoms with van der Waals surface area (Å²) in [6.07, 6.45) is 1.66. The fourth-order valence-electron chi connectivity index (χ4n) is 2.55. The maximum atomic E-state index is 13.1. The third kappa shape index (κ3) is 2.97. The van der Waals surface area contributed by atoms with Crippen LogP contribution in [0.1, 0.15) is 0 Å². The molecule has 25 heavy (non-hydrogen) atoms. The smallest absolute Gasteiger partial charge is 0.422 e. The molecule has 2 heterocycles. The number of oxazole rings is 1. The van der Waals surface area contributed by atoms with E-state index in [1.54, 1.807) is 31.5 Å². The van der Waals surface area contributed by atoms with Gasteiger partial charge in [0.2, 0.25) is 0 Å². The monoisotopic (exact) mass is 350 g/mol. The average molecular weight is 350 g/mol. The molecule has 0 radical (unpaired) electrons. The number of ether oxygens (including phenoxy) is 1. The van der Waals surface area contributed by atoms with E-state index in [9.17, 15) is 4.55 Å². The summed E-state index contributed by atoms with van der Waals surface area (Å²) in [5, 5.41) is 0.177. The zero-order valence-corrected chi connectivity index (χ0v) is 14.2. The van der Waals surface area contributed by atoms with E-state index in [1.807, 2.05) is 42.5 Å². The molecule has 0 aliphatic heterocycles. The van der Waals surface area contributed by atoms with Crippen LogP contribution >= 0.6 is 0 Å². The zero-order chi connectivity index (χ0) is 17.2. The molecular formula is C19H14N2O3S. The van der Waals surface area contributed by atoms with Crippen molar-refractivity contribution in [3.63, 3.8) is 0 Å². The first-order valence-electron chi connectivity index (χ1n) is 7.63. The average Bonchev–Trinajstić information content (AvgIpc) is 3.11. The van der Waals surface area contributed by atoms with Gasteiger partial charge in [-0.25, -0.2) is 0 Å². The molecule has 0 aliphatic rings. The highest BCUT2D eigenvalue weighted by Gasteiger charge is 2.26. The van der Waals surface area contributed by atoms with Crippen LogP contribution in [-0.2, 0) is 11.2 Å². The van der Waals surface area contributed by atoms with Crippen LogP contribution < -0.4 is 4.74 Å². The second kappa shape index (κ2) is 6.58. The number of hydrogen-bond acceptors (Lipinski definition) is 5. The Kier molecular flexibility index (Phi) is 4.13. The van der Waals surface area contributed by atoms with Crippen LogP contribution in [0.5, 0.6) is 5.75 Å². The van der Waals surface area contributed by atoms with E-state index in [4.69, 9.17) is 9.15 Å². The van der Waals surface area contributed by atoms with Crippen molar-refractivity contribution >= 4 is 22.3 Å². The predicted molar refractivity (Wildman–Crippen MR) is 94.9 cm³/mol. The van der Waals surface area contributed by atoms with Crippen LogP contribution in [0.3, 0.4) is 0 Å². The van der Waals surface area contributed by atoms with Crippen molar-refractivity contribution in [3.8, 4) is 17.0 Å². The Bertz CT molecular complexity index is 999. The lowest BCUT2D eigenvalue weighted by Crippen LogP contribution is -2.05. The summed E-state index contributed by atoms with van der Waals surface area (Å²) >= 11 is -1.56. The van der Waals surface area contributed by atoms with Gasteiger partial charge in [0.1, 0.15) is 11.3 Å². The van der Waals surface area contributed by atoms with Gasteiger partial charge in [-0.3, -0.25) is 4.98 Å². The first kappa shape index (κ1) is 15.7. The van der Waals surface area contributed by atoms with Crippen molar-refractivity contribution in [2.45, 2.75) is 10.1 Å². The lowest BCUT2D eigenvalue weighted by Gasteiger charge is -2.10. The van der Waals surface area contributed by atoms with Gasteiger partial charge in [0, 0.05) is 12.3 Å². The highest BCUT2D eigenvalue weighted by atomic mass is 32.2. The van der Waals surface area contributed by atoms with Crippen LogP contribution in [0.15, 0.2) is 81.4 Å². The Morgan fingerprint density at radius 3 is 2.68 bits per heavy atom. The number of benzene rings is 2. The van der Waals surface area contributed by atoms with Gasteiger partial charge in [-0.15, -0.1) is 0 Å². The van der Waals surface area contributed by atoms with E-state index in [-0.39, 0.29) is 5.22 Å². The molecular weight excluding hydrogens is 336 g/mol. The topological polar surface area (TPSA) is 71.2 Å². The lowest BCUT2D eigenvalue weighted by atomic mass is 10.1. The molecule has 4 rings (SSSR count). The fourth-order valence-corrected chi connectivity index (χ4v) is 3.66. The normalized spacial score (nSPS) is 12.2. The molecule has 0 amide bonds. The third-order valence-corrected chi connectivity index (χ3v) is 5.01. The number of fused-ring (bicyclic) bond motifs is 1. The van der Waals surface area contributed by atoms with Crippen LogP contribution in [-0.4, -0.2) is 21.6 Å². The van der Waals surface area contributed by atoms with Crippen LogP contribution in [0.25, 0.3) is 22.4 Å². The second-order valence-corrected chi connectivity index (χ2v) is 6.62. The Hall–Kier alpha value is -2.83. The Morgan fingerprint density at radius 2 is 1.84 bits per heavy atom. The molecule has 2 aromatic heterocycles. The number of aromatic nitrogens is 2. The van der Waals surface area contributed by atoms with Crippen LogP contribution in [0, 0.1) is 0 Å². The van der Waals surface area contributed by atoms with Gasteiger partial charge in [0.15, 0.2) is 10.5 Å². The number of para-hydroxylation sites is 2. The Morgan fingerprint density at radius 1 is 1.04 bits per heavy atom. The second-order valence-electron chi connectivity index (χ2n) is 5.29. The molecule has 0 N–H and O–H groups in total. The molecule has 6 heteroatoms. The molecule has 0 bridgehead atoms. The molecule has 1 atom stereocenters. The summed E-state index contributed by atoms with van der Waals surface area (Å²) in [6.45, 7) is 0. The fraction of sp³-hybridized carbons (Fsp3) is 0.0526. The minimum Gasteiger partial charge on any atom is -0.603 e. The number of nitrogens with zero attached hydrogens (tertiary/aromatic N) is 2.